The summed E-state index contributed by atoms with van der Waals surface area (Å²) < 4.78 is 1.89. The molecule has 0 saturated heterocycles. The van der Waals surface area contributed by atoms with Gasteiger partial charge in [-0.1, -0.05) is 44.2 Å². The van der Waals surface area contributed by atoms with Crippen LogP contribution in [-0.2, 0) is 13.0 Å². The molecule has 2 aromatic rings. The zero-order valence-electron chi connectivity index (χ0n) is 13.8. The molecule has 1 atom stereocenters. The molecule has 124 valence electrons. The zero-order valence-corrected chi connectivity index (χ0v) is 13.8. The number of benzene rings is 1. The van der Waals surface area contributed by atoms with Crippen LogP contribution in [0.1, 0.15) is 41.9 Å². The number of carbonyl (C=O) groups is 1. The summed E-state index contributed by atoms with van der Waals surface area (Å²) in [7, 11) is 0. The molecule has 0 fully saturated rings. The molecule has 0 aliphatic heterocycles. The maximum absolute atomic E-state index is 12.4. The molecular weight excluding hydrogens is 290 g/mol. The molecule has 5 nitrogen and oxygen atoms in total. The monoisotopic (exact) mass is 315 g/mol. The zero-order chi connectivity index (χ0) is 16.7. The van der Waals surface area contributed by atoms with Crippen LogP contribution in [0, 0.1) is 5.92 Å². The number of amides is 1. The predicted molar refractivity (Wildman–Crippen MR) is 90.3 cm³/mol. The van der Waals surface area contributed by atoms with Crippen molar-refractivity contribution in [1.82, 2.24) is 15.1 Å². The molecule has 0 aliphatic carbocycles. The molecule has 2 N–H and O–H groups in total. The lowest BCUT2D eigenvalue weighted by Gasteiger charge is -2.12. The average Bonchev–Trinajstić information content (AvgIpc) is 2.96. The molecular formula is C18H25N3O2. The van der Waals surface area contributed by atoms with Crippen LogP contribution in [0.25, 0.3) is 0 Å². The van der Waals surface area contributed by atoms with E-state index in [0.717, 1.165) is 17.7 Å². The van der Waals surface area contributed by atoms with Gasteiger partial charge >= 0.3 is 0 Å². The minimum absolute atomic E-state index is 0.0917. The molecule has 0 saturated carbocycles. The Morgan fingerprint density at radius 2 is 2.09 bits per heavy atom. The second-order valence-electron chi connectivity index (χ2n) is 5.83. The first kappa shape index (κ1) is 17.2. The number of nitrogens with one attached hydrogen (secondary N) is 1. The minimum Gasteiger partial charge on any atom is -0.396 e. The third-order valence-corrected chi connectivity index (χ3v) is 3.94. The van der Waals surface area contributed by atoms with Gasteiger partial charge in [-0.25, -0.2) is 0 Å². The van der Waals surface area contributed by atoms with Crippen molar-refractivity contribution in [2.45, 2.75) is 33.2 Å². The highest BCUT2D eigenvalue weighted by molar-refractivity contribution is 5.95. The van der Waals surface area contributed by atoms with Crippen molar-refractivity contribution < 1.29 is 9.90 Å². The van der Waals surface area contributed by atoms with Crippen molar-refractivity contribution in [3.8, 4) is 0 Å². The highest BCUT2D eigenvalue weighted by atomic mass is 16.3. The van der Waals surface area contributed by atoms with E-state index in [9.17, 15) is 4.79 Å². The molecule has 0 aliphatic rings. The van der Waals surface area contributed by atoms with Crippen molar-refractivity contribution in [1.29, 1.82) is 0 Å². The van der Waals surface area contributed by atoms with E-state index in [-0.39, 0.29) is 18.4 Å². The Kier molecular flexibility index (Phi) is 6.35. The average molecular weight is 315 g/mol. The Morgan fingerprint density at radius 3 is 2.74 bits per heavy atom. The van der Waals surface area contributed by atoms with Crippen LogP contribution in [0.3, 0.4) is 0 Å². The van der Waals surface area contributed by atoms with Gasteiger partial charge in [0.05, 0.1) is 24.0 Å². The normalized spacial score (nSPS) is 12.1. The first-order valence-corrected chi connectivity index (χ1v) is 8.13. The second-order valence-corrected chi connectivity index (χ2v) is 5.83. The highest BCUT2D eigenvalue weighted by Gasteiger charge is 2.16. The van der Waals surface area contributed by atoms with Gasteiger partial charge in [0.2, 0.25) is 0 Å². The van der Waals surface area contributed by atoms with Gasteiger partial charge in [0.25, 0.3) is 5.91 Å². The molecule has 2 rings (SSSR count). The van der Waals surface area contributed by atoms with E-state index in [0.29, 0.717) is 25.1 Å². The lowest BCUT2D eigenvalue weighted by atomic mass is 10.1. The van der Waals surface area contributed by atoms with E-state index in [1.165, 1.54) is 0 Å². The summed E-state index contributed by atoms with van der Waals surface area (Å²) in [5.41, 5.74) is 2.75. The van der Waals surface area contributed by atoms with Crippen LogP contribution in [0.5, 0.6) is 0 Å². The summed E-state index contributed by atoms with van der Waals surface area (Å²) in [5, 5.41) is 16.2. The first-order chi connectivity index (χ1) is 11.2. The number of aromatic nitrogens is 2. The number of aliphatic hydroxyl groups excluding tert-OH is 1. The molecule has 1 amide bonds. The fraction of sp³-hybridized carbons (Fsp3) is 0.444. The smallest absolute Gasteiger partial charge is 0.254 e. The van der Waals surface area contributed by atoms with Gasteiger partial charge in [0, 0.05) is 13.2 Å². The number of nitrogens with zero attached hydrogens (tertiary/aromatic N) is 2. The number of carbonyl (C=O) groups excluding carboxylic acids is 1. The second kappa shape index (κ2) is 8.48. The predicted octanol–water partition coefficient (Wildman–Crippen LogP) is 2.24. The molecule has 0 spiro atoms. The number of rotatable bonds is 8. The Hall–Kier alpha value is -2.14. The van der Waals surface area contributed by atoms with E-state index in [1.807, 2.05) is 36.7 Å². The fourth-order valence-corrected chi connectivity index (χ4v) is 2.55. The molecule has 5 heteroatoms. The van der Waals surface area contributed by atoms with E-state index in [4.69, 9.17) is 5.11 Å². The van der Waals surface area contributed by atoms with Gasteiger partial charge in [-0.3, -0.25) is 9.48 Å². The Morgan fingerprint density at radius 1 is 1.35 bits per heavy atom. The van der Waals surface area contributed by atoms with Gasteiger partial charge < -0.3 is 10.4 Å². The molecule has 23 heavy (non-hydrogen) atoms. The molecule has 1 unspecified atom stereocenters. The lowest BCUT2D eigenvalue weighted by molar-refractivity contribution is 0.0944. The standard InChI is InChI=1S/C18H25N3O2/c1-3-17-16(18(23)19-11-14(2)9-10-22)12-20-21(17)13-15-7-5-4-6-8-15/h4-8,12,14,22H,3,9-11,13H2,1-2H3,(H,19,23). The van der Waals surface area contributed by atoms with E-state index >= 15 is 0 Å². The summed E-state index contributed by atoms with van der Waals surface area (Å²) in [6, 6.07) is 10.1. The summed E-state index contributed by atoms with van der Waals surface area (Å²) in [5.74, 6) is 0.166. The van der Waals surface area contributed by atoms with Gasteiger partial charge in [-0.05, 0) is 24.3 Å². The summed E-state index contributed by atoms with van der Waals surface area (Å²) in [6.07, 6.45) is 3.09. The van der Waals surface area contributed by atoms with Crippen LogP contribution in [0.4, 0.5) is 0 Å². The third-order valence-electron chi connectivity index (χ3n) is 3.94. The number of hydrogen-bond acceptors (Lipinski definition) is 3. The molecule has 1 aromatic carbocycles. The van der Waals surface area contributed by atoms with Crippen molar-refractivity contribution in [2.75, 3.05) is 13.2 Å². The van der Waals surface area contributed by atoms with E-state index in [2.05, 4.69) is 22.5 Å². The SMILES string of the molecule is CCc1c(C(=O)NCC(C)CCO)cnn1Cc1ccccc1. The minimum atomic E-state index is -0.0917. The molecule has 0 bridgehead atoms. The van der Waals surface area contributed by atoms with Crippen LogP contribution < -0.4 is 5.32 Å². The lowest BCUT2D eigenvalue weighted by Crippen LogP contribution is -2.29. The van der Waals surface area contributed by atoms with Gasteiger partial charge in [-0.15, -0.1) is 0 Å². The van der Waals surface area contributed by atoms with E-state index < -0.39 is 0 Å². The van der Waals surface area contributed by atoms with Crippen LogP contribution in [0.15, 0.2) is 36.5 Å². The molecule has 1 aromatic heterocycles. The first-order valence-electron chi connectivity index (χ1n) is 8.13. The quantitative estimate of drug-likeness (QED) is 0.785. The van der Waals surface area contributed by atoms with Crippen molar-refractivity contribution >= 4 is 5.91 Å². The van der Waals surface area contributed by atoms with Crippen molar-refractivity contribution in [3.63, 3.8) is 0 Å². The topological polar surface area (TPSA) is 67.2 Å². The summed E-state index contributed by atoms with van der Waals surface area (Å²) in [4.78, 5) is 12.4. The highest BCUT2D eigenvalue weighted by Crippen LogP contribution is 2.12. The number of hydrogen-bond donors (Lipinski definition) is 2. The fourth-order valence-electron chi connectivity index (χ4n) is 2.55. The van der Waals surface area contributed by atoms with E-state index in [1.54, 1.807) is 6.20 Å². The molecule has 0 radical (unpaired) electrons. The van der Waals surface area contributed by atoms with Gasteiger partial charge in [0.1, 0.15) is 0 Å². The van der Waals surface area contributed by atoms with Crippen LogP contribution in [-0.4, -0.2) is 33.9 Å². The maximum atomic E-state index is 12.4. The Bertz CT molecular complexity index is 622. The van der Waals surface area contributed by atoms with Crippen LogP contribution >= 0.6 is 0 Å². The Labute approximate surface area is 137 Å². The largest absolute Gasteiger partial charge is 0.396 e. The summed E-state index contributed by atoms with van der Waals surface area (Å²) >= 11 is 0. The molecule has 1 heterocycles. The van der Waals surface area contributed by atoms with Gasteiger partial charge in [0.15, 0.2) is 0 Å². The van der Waals surface area contributed by atoms with Crippen LogP contribution in [0.2, 0.25) is 0 Å². The Balaban J connectivity index is 2.06. The maximum Gasteiger partial charge on any atom is 0.254 e. The van der Waals surface area contributed by atoms with Gasteiger partial charge in [-0.2, -0.15) is 5.10 Å². The third kappa shape index (κ3) is 4.66. The van der Waals surface area contributed by atoms with Crippen molar-refractivity contribution in [2.24, 2.45) is 5.92 Å². The number of aliphatic hydroxyl groups is 1. The summed E-state index contributed by atoms with van der Waals surface area (Å²) in [6.45, 7) is 5.41. The van der Waals surface area contributed by atoms with Crippen molar-refractivity contribution in [3.05, 3.63) is 53.3 Å².